The predicted octanol–water partition coefficient (Wildman–Crippen LogP) is 4.18. The number of nitrogens with one attached hydrogen (secondary N) is 2. The lowest BCUT2D eigenvalue weighted by molar-refractivity contribution is -0.114. The maximum Gasteiger partial charge on any atom is 0.243 e. The zero-order chi connectivity index (χ0) is 14.5. The maximum absolute atomic E-state index is 13.0. The van der Waals surface area contributed by atoms with Gasteiger partial charge < -0.3 is 10.6 Å². The van der Waals surface area contributed by atoms with Gasteiger partial charge in [-0.1, -0.05) is 35.3 Å². The van der Waals surface area contributed by atoms with E-state index in [0.717, 1.165) is 0 Å². The monoisotopic (exact) mass is 312 g/mol. The number of benzene rings is 2. The molecule has 0 spiro atoms. The average molecular weight is 313 g/mol. The normalized spacial score (nSPS) is 10.2. The van der Waals surface area contributed by atoms with Gasteiger partial charge in [0.2, 0.25) is 5.91 Å². The van der Waals surface area contributed by atoms with Crippen LogP contribution in [-0.4, -0.2) is 12.5 Å². The van der Waals surface area contributed by atoms with E-state index in [0.29, 0.717) is 21.4 Å². The lowest BCUT2D eigenvalue weighted by Crippen LogP contribution is -2.22. The second-order valence-electron chi connectivity index (χ2n) is 4.01. The van der Waals surface area contributed by atoms with E-state index in [1.165, 1.54) is 12.1 Å². The molecule has 0 unspecified atom stereocenters. The lowest BCUT2D eigenvalue weighted by Gasteiger charge is -2.10. The lowest BCUT2D eigenvalue weighted by atomic mass is 10.3. The summed E-state index contributed by atoms with van der Waals surface area (Å²) < 4.78 is 13.0. The smallest absolute Gasteiger partial charge is 0.243 e. The van der Waals surface area contributed by atoms with Crippen molar-refractivity contribution >= 4 is 40.5 Å². The summed E-state index contributed by atoms with van der Waals surface area (Å²) in [5.74, 6) is -0.700. The number of rotatable bonds is 4. The van der Waals surface area contributed by atoms with Crippen LogP contribution in [0.25, 0.3) is 0 Å². The molecule has 6 heteroatoms. The third-order valence-electron chi connectivity index (χ3n) is 2.50. The fourth-order valence-electron chi connectivity index (χ4n) is 1.58. The minimum absolute atomic E-state index is 0.0228. The Bertz CT molecular complexity index is 614. The highest BCUT2D eigenvalue weighted by Gasteiger charge is 2.09. The number of halogens is 3. The predicted molar refractivity (Wildman–Crippen MR) is 80.0 cm³/mol. The van der Waals surface area contributed by atoms with Crippen LogP contribution >= 0.6 is 23.2 Å². The van der Waals surface area contributed by atoms with Crippen molar-refractivity contribution in [1.29, 1.82) is 0 Å². The Labute approximate surface area is 125 Å². The molecule has 20 heavy (non-hydrogen) atoms. The van der Waals surface area contributed by atoms with Gasteiger partial charge in [-0.2, -0.15) is 0 Å². The van der Waals surface area contributed by atoms with Crippen molar-refractivity contribution in [2.75, 3.05) is 17.2 Å². The first-order valence-corrected chi connectivity index (χ1v) is 6.55. The molecule has 104 valence electrons. The summed E-state index contributed by atoms with van der Waals surface area (Å²) in [4.78, 5) is 11.8. The van der Waals surface area contributed by atoms with Crippen LogP contribution in [0.5, 0.6) is 0 Å². The molecule has 0 saturated carbocycles. The highest BCUT2D eigenvalue weighted by molar-refractivity contribution is 6.39. The van der Waals surface area contributed by atoms with Crippen LogP contribution in [0.4, 0.5) is 15.8 Å². The number of amides is 1. The van der Waals surface area contributed by atoms with Gasteiger partial charge in [0.1, 0.15) is 5.82 Å². The van der Waals surface area contributed by atoms with Crippen molar-refractivity contribution in [1.82, 2.24) is 0 Å². The SMILES string of the molecule is O=C(CNc1cccc(F)c1)Nc1c(Cl)cccc1Cl. The van der Waals surface area contributed by atoms with Crippen LogP contribution in [0.1, 0.15) is 0 Å². The Balaban J connectivity index is 1.96. The van der Waals surface area contributed by atoms with E-state index in [1.807, 2.05) is 0 Å². The molecule has 0 bridgehead atoms. The second-order valence-corrected chi connectivity index (χ2v) is 4.82. The molecule has 0 heterocycles. The quantitative estimate of drug-likeness (QED) is 0.889. The van der Waals surface area contributed by atoms with Gasteiger partial charge >= 0.3 is 0 Å². The van der Waals surface area contributed by atoms with Crippen molar-refractivity contribution in [3.05, 3.63) is 58.3 Å². The summed E-state index contributed by atoms with van der Waals surface area (Å²) in [6.45, 7) is -0.0228. The first-order valence-electron chi connectivity index (χ1n) is 5.79. The summed E-state index contributed by atoms with van der Waals surface area (Å²) in [6, 6.07) is 10.8. The Morgan fingerprint density at radius 1 is 1.10 bits per heavy atom. The summed E-state index contributed by atoms with van der Waals surface area (Å²) in [5, 5.41) is 6.13. The molecule has 0 radical (unpaired) electrons. The third kappa shape index (κ3) is 3.85. The molecule has 0 atom stereocenters. The third-order valence-corrected chi connectivity index (χ3v) is 3.13. The molecule has 0 saturated heterocycles. The van der Waals surface area contributed by atoms with E-state index >= 15 is 0 Å². The molecule has 0 aliphatic carbocycles. The standard InChI is InChI=1S/C14H11Cl2FN2O/c15-11-5-2-6-12(16)14(11)19-13(20)8-18-10-4-1-3-9(17)7-10/h1-7,18H,8H2,(H,19,20). The van der Waals surface area contributed by atoms with Gasteiger partial charge in [0, 0.05) is 5.69 Å². The van der Waals surface area contributed by atoms with Gasteiger partial charge in [-0.05, 0) is 30.3 Å². The molecular formula is C14H11Cl2FN2O. The van der Waals surface area contributed by atoms with Crippen molar-refractivity contribution in [3.8, 4) is 0 Å². The topological polar surface area (TPSA) is 41.1 Å². The zero-order valence-corrected chi connectivity index (χ0v) is 11.8. The number of hydrogen-bond acceptors (Lipinski definition) is 2. The maximum atomic E-state index is 13.0. The summed E-state index contributed by atoms with van der Waals surface area (Å²) in [6.07, 6.45) is 0. The number of carbonyl (C=O) groups excluding carboxylic acids is 1. The summed E-state index contributed by atoms with van der Waals surface area (Å²) in [5.41, 5.74) is 0.882. The van der Waals surface area contributed by atoms with Gasteiger partial charge in [0.15, 0.2) is 0 Å². The molecule has 1 amide bonds. The fraction of sp³-hybridized carbons (Fsp3) is 0.0714. The van der Waals surface area contributed by atoms with Crippen LogP contribution in [0.15, 0.2) is 42.5 Å². The minimum Gasteiger partial charge on any atom is -0.376 e. The molecule has 0 aromatic heterocycles. The minimum atomic E-state index is -0.371. The molecule has 2 N–H and O–H groups in total. The van der Waals surface area contributed by atoms with Gasteiger partial charge in [0.25, 0.3) is 0 Å². The van der Waals surface area contributed by atoms with Gasteiger partial charge in [0.05, 0.1) is 22.3 Å². The molecule has 3 nitrogen and oxygen atoms in total. The number of hydrogen-bond donors (Lipinski definition) is 2. The van der Waals surface area contributed by atoms with Gasteiger partial charge in [-0.15, -0.1) is 0 Å². The number of anilines is 2. The highest BCUT2D eigenvalue weighted by Crippen LogP contribution is 2.29. The van der Waals surface area contributed by atoms with E-state index in [1.54, 1.807) is 30.3 Å². The highest BCUT2D eigenvalue weighted by atomic mass is 35.5. The first kappa shape index (κ1) is 14.6. The van der Waals surface area contributed by atoms with Crippen LogP contribution in [0.2, 0.25) is 10.0 Å². The van der Waals surface area contributed by atoms with E-state index < -0.39 is 0 Å². The molecule has 2 aromatic rings. The Kier molecular flexibility index (Phi) is 4.82. The Hall–Kier alpha value is -1.78. The fourth-order valence-corrected chi connectivity index (χ4v) is 2.07. The van der Waals surface area contributed by atoms with E-state index in [4.69, 9.17) is 23.2 Å². The summed E-state index contributed by atoms with van der Waals surface area (Å²) in [7, 11) is 0. The van der Waals surface area contributed by atoms with E-state index in [9.17, 15) is 9.18 Å². The molecular weight excluding hydrogens is 302 g/mol. The van der Waals surface area contributed by atoms with Crippen molar-refractivity contribution in [2.24, 2.45) is 0 Å². The Morgan fingerprint density at radius 3 is 2.40 bits per heavy atom. The Morgan fingerprint density at radius 2 is 1.75 bits per heavy atom. The van der Waals surface area contributed by atoms with Gasteiger partial charge in [-0.25, -0.2) is 4.39 Å². The largest absolute Gasteiger partial charge is 0.376 e. The van der Waals surface area contributed by atoms with Crippen molar-refractivity contribution < 1.29 is 9.18 Å². The summed E-state index contributed by atoms with van der Waals surface area (Å²) >= 11 is 11.9. The van der Waals surface area contributed by atoms with Crippen LogP contribution in [0.3, 0.4) is 0 Å². The van der Waals surface area contributed by atoms with Crippen LogP contribution in [-0.2, 0) is 4.79 Å². The van der Waals surface area contributed by atoms with Crippen molar-refractivity contribution in [2.45, 2.75) is 0 Å². The molecule has 2 rings (SSSR count). The second kappa shape index (κ2) is 6.59. The van der Waals surface area contributed by atoms with Gasteiger partial charge in [-0.3, -0.25) is 4.79 Å². The zero-order valence-electron chi connectivity index (χ0n) is 10.3. The number of carbonyl (C=O) groups is 1. The van der Waals surface area contributed by atoms with E-state index in [-0.39, 0.29) is 18.3 Å². The van der Waals surface area contributed by atoms with Crippen LogP contribution in [0, 0.1) is 5.82 Å². The molecule has 0 aliphatic heterocycles. The molecule has 2 aromatic carbocycles. The first-order chi connectivity index (χ1) is 9.56. The molecule has 0 aliphatic rings. The average Bonchev–Trinajstić information content (AvgIpc) is 2.41. The number of para-hydroxylation sites is 1. The van der Waals surface area contributed by atoms with Crippen molar-refractivity contribution in [3.63, 3.8) is 0 Å². The van der Waals surface area contributed by atoms with Crippen LogP contribution < -0.4 is 10.6 Å². The van der Waals surface area contributed by atoms with E-state index in [2.05, 4.69) is 10.6 Å². The molecule has 0 fully saturated rings.